The zero-order valence-corrected chi connectivity index (χ0v) is 74.8. The average Bonchev–Trinajstić information content (AvgIpc) is 1.64. The Bertz CT molecular complexity index is 6190. The summed E-state index contributed by atoms with van der Waals surface area (Å²) in [6, 6.07) is 87.9. The third-order valence-corrected chi connectivity index (χ3v) is 22.8. The summed E-state index contributed by atoms with van der Waals surface area (Å²) in [6.07, 6.45) is 19.0. The molecule has 0 fully saturated rings. The van der Waals surface area contributed by atoms with E-state index in [0.717, 1.165) is 40.7 Å². The lowest BCUT2D eigenvalue weighted by Crippen LogP contribution is -2.17. The minimum atomic E-state index is -0.312. The third kappa shape index (κ3) is 20.0. The zero-order valence-electron chi connectivity index (χ0n) is 78.0. The lowest BCUT2D eigenvalue weighted by molar-refractivity contribution is 0.496. The highest BCUT2D eigenvalue weighted by atomic mass is 32.1. The van der Waals surface area contributed by atoms with E-state index in [9.17, 15) is 0 Å². The van der Waals surface area contributed by atoms with E-state index in [-0.39, 0.29) is 45.8 Å². The van der Waals surface area contributed by atoms with Crippen molar-refractivity contribution in [2.24, 2.45) is 10.8 Å². The predicted octanol–water partition coefficient (Wildman–Crippen LogP) is 33.3. The maximum Gasteiger partial charge on any atom is 0.0939 e. The van der Waals surface area contributed by atoms with E-state index >= 15 is 0 Å². The van der Waals surface area contributed by atoms with Crippen molar-refractivity contribution in [3.05, 3.63) is 377 Å². The molecule has 0 saturated carbocycles. The number of fused-ring (bicyclic) bond motifs is 9. The van der Waals surface area contributed by atoms with Gasteiger partial charge in [-0.25, -0.2) is 0 Å². The van der Waals surface area contributed by atoms with E-state index in [1.54, 1.807) is 41.9 Å². The Morgan fingerprint density at radius 3 is 1.01 bits per heavy atom. The summed E-state index contributed by atoms with van der Waals surface area (Å²) >= 11 is 1.77. The topological polar surface area (TPSA) is 27.9 Å². The molecular weight excluding hydrogens is 1450 g/mol. The Morgan fingerprint density at radius 1 is 0.331 bits per heavy atom. The third-order valence-electron chi connectivity index (χ3n) is 22.1. The number of rotatable bonds is 5. The Balaban J connectivity index is 0.000000140. The highest BCUT2D eigenvalue weighted by Crippen LogP contribution is 2.45. The average molecular weight is 1580 g/mol. The van der Waals surface area contributed by atoms with Crippen molar-refractivity contribution in [3.8, 4) is 39.3 Å². The molecule has 2 aliphatic rings. The number of allylic oxidation sites excluding steroid dienone is 8. The van der Waals surface area contributed by atoms with Crippen molar-refractivity contribution in [1.29, 1.82) is 0 Å². The molecule has 2 aliphatic carbocycles. The van der Waals surface area contributed by atoms with Crippen LogP contribution in [-0.2, 0) is 27.1 Å². The largest absolute Gasteiger partial charge is 0.472 e. The van der Waals surface area contributed by atoms with Gasteiger partial charge in [-0.3, -0.25) is 0 Å². The van der Waals surface area contributed by atoms with Gasteiger partial charge in [-0.15, -0.1) is 0 Å². The lowest BCUT2D eigenvalue weighted by Gasteiger charge is -2.28. The molecular formula is C113H125N3OS. The van der Waals surface area contributed by atoms with Crippen molar-refractivity contribution >= 4 is 76.8 Å². The molecule has 11 aromatic carbocycles. The number of hydrogen-bond acceptors (Lipinski definition) is 2. The fraction of sp³-hybridized carbons (Fsp3) is 0.274. The maximum atomic E-state index is 8.79. The molecule has 0 bridgehead atoms. The Hall–Kier alpha value is -11.2. The van der Waals surface area contributed by atoms with Crippen LogP contribution in [0.25, 0.3) is 105 Å². The van der Waals surface area contributed by atoms with E-state index in [0.29, 0.717) is 27.4 Å². The molecule has 5 heterocycles. The lowest BCUT2D eigenvalue weighted by atomic mass is 9.80. The number of benzene rings is 11. The summed E-state index contributed by atoms with van der Waals surface area (Å²) in [4.78, 5) is 0. The number of furan rings is 1. The number of hydrogen-bond donors (Lipinski definition) is 0. The standard InChI is InChI=1S/C29H27N.C28H25N.C22H21N.2C9H14.C8H12O.C8H12S/c1-20-11-9-12-21(19-20)22-15-10-18-27(28(22)29(2,3)4)30-25-16-7-5-13-23(25)24-14-6-8-17-26(24)30;1-28(2,3)27-21(20-12-5-4-6-13-20)16-11-19-26(27)29-24-17-9-7-14-22(24)23-15-8-10-18-25(23)29;1-22(2,3)18-12-6-9-15-21(18)23-19-13-7-4-10-16(19)17-11-5-8-14-20(17)23;2*1-9(2,3)8-6-4-5-7-8;2*1-8(2,3)7-4-5-9-6-7/h5-19H,1-4H3;4-19H,1-3H3;4-15H,1-3H3;2*4-6H,7H2,1-3H3;2*4-6H,1-3H3/i9D,11D,12D,19D;;;;;;. The van der Waals surface area contributed by atoms with Crippen molar-refractivity contribution < 1.29 is 9.90 Å². The van der Waals surface area contributed by atoms with Crippen molar-refractivity contribution in [3.63, 3.8) is 0 Å². The highest BCUT2D eigenvalue weighted by molar-refractivity contribution is 7.08. The summed E-state index contributed by atoms with van der Waals surface area (Å²) in [5.74, 6) is 0. The molecule has 0 radical (unpaired) electrons. The van der Waals surface area contributed by atoms with Crippen LogP contribution in [0.15, 0.2) is 348 Å². The van der Waals surface area contributed by atoms with E-state index in [4.69, 9.17) is 9.90 Å². The first-order valence-corrected chi connectivity index (χ1v) is 42.8. The molecule has 16 aromatic rings. The summed E-state index contributed by atoms with van der Waals surface area (Å²) in [5.41, 5.74) is 25.6. The van der Waals surface area contributed by atoms with Gasteiger partial charge in [0.1, 0.15) is 0 Å². The van der Waals surface area contributed by atoms with Crippen LogP contribution in [0.3, 0.4) is 0 Å². The molecule has 0 atom stereocenters. The number of aromatic nitrogens is 3. The minimum absolute atomic E-state index is 0.00571. The van der Waals surface area contributed by atoms with Gasteiger partial charge >= 0.3 is 0 Å². The normalized spacial score (nSPS) is 13.4. The van der Waals surface area contributed by atoms with E-state index in [2.05, 4.69) is 425 Å². The van der Waals surface area contributed by atoms with Crippen molar-refractivity contribution in [1.82, 2.24) is 13.7 Å². The van der Waals surface area contributed by atoms with Gasteiger partial charge in [0.25, 0.3) is 0 Å². The Labute approximate surface area is 715 Å². The summed E-state index contributed by atoms with van der Waals surface area (Å²) in [6.45, 7) is 48.6. The van der Waals surface area contributed by atoms with Gasteiger partial charge in [0.05, 0.1) is 62.5 Å². The molecule has 0 N–H and O–H groups in total. The first-order chi connectivity index (χ1) is 57.7. The molecule has 18 rings (SSSR count). The van der Waals surface area contributed by atoms with Gasteiger partial charge in [0, 0.05) is 38.0 Å². The summed E-state index contributed by atoms with van der Waals surface area (Å²) < 4.78 is 46.0. The minimum Gasteiger partial charge on any atom is -0.472 e. The van der Waals surface area contributed by atoms with Crippen LogP contribution >= 0.6 is 11.3 Å². The van der Waals surface area contributed by atoms with Gasteiger partial charge in [-0.1, -0.05) is 405 Å². The predicted molar refractivity (Wildman–Crippen MR) is 517 cm³/mol. The Morgan fingerprint density at radius 2 is 0.695 bits per heavy atom. The summed E-state index contributed by atoms with van der Waals surface area (Å²) in [7, 11) is 0. The van der Waals surface area contributed by atoms with Gasteiger partial charge in [0.2, 0.25) is 0 Å². The number of nitrogens with zero attached hydrogens (tertiary/aromatic N) is 3. The number of thiophene rings is 1. The van der Waals surface area contributed by atoms with Crippen LogP contribution in [-0.4, -0.2) is 13.7 Å². The quantitative estimate of drug-likeness (QED) is 0.169. The SMILES string of the molecule is CC(C)(C)C1=CC=CC1.CC(C)(C)C1=CC=CC1.CC(C)(C)c1c(-c2ccccc2)cccc1-n1c2ccccc2c2ccccc21.CC(C)(C)c1ccccc1-n1c2ccccc2c2ccccc21.CC(C)(C)c1ccoc1.CC(C)(C)c1ccsc1.[2H]c1c([2H])c(C)c([2H])c(-c2cccc(-n3c4ccccc4c4ccccc43)c2C(C)(C)C)c1[2H]. The molecule has 118 heavy (non-hydrogen) atoms. The van der Waals surface area contributed by atoms with E-state index < -0.39 is 0 Å². The first-order valence-electron chi connectivity index (χ1n) is 43.9. The monoisotopic (exact) mass is 1580 g/mol. The van der Waals surface area contributed by atoms with E-state index in [1.807, 2.05) is 30.3 Å². The smallest absolute Gasteiger partial charge is 0.0939 e. The molecule has 0 unspecified atom stereocenters. The zero-order chi connectivity index (χ0) is 88.0. The Kier molecular flexibility index (Phi) is 24.5. The molecule has 0 aliphatic heterocycles. The van der Waals surface area contributed by atoms with Crippen LogP contribution in [0.1, 0.15) is 197 Å². The van der Waals surface area contributed by atoms with Gasteiger partial charge < -0.3 is 18.1 Å². The van der Waals surface area contributed by atoms with Crippen LogP contribution < -0.4 is 0 Å². The molecule has 4 nitrogen and oxygen atoms in total. The van der Waals surface area contributed by atoms with Crippen molar-refractivity contribution in [2.45, 2.75) is 192 Å². The molecule has 0 saturated heterocycles. The first kappa shape index (κ1) is 80.5. The molecule has 0 spiro atoms. The van der Waals surface area contributed by atoms with Crippen LogP contribution in [0.2, 0.25) is 0 Å². The molecule has 0 amide bonds. The van der Waals surface area contributed by atoms with Gasteiger partial charge in [-0.05, 0) is 185 Å². The fourth-order valence-electron chi connectivity index (χ4n) is 15.9. The molecule has 5 aromatic heterocycles. The molecule has 5 heteroatoms. The second-order valence-corrected chi connectivity index (χ2v) is 39.1. The molecule has 604 valence electrons. The van der Waals surface area contributed by atoms with Gasteiger partial charge in [0.15, 0.2) is 0 Å². The van der Waals surface area contributed by atoms with E-state index in [1.165, 1.54) is 99.1 Å². The van der Waals surface area contributed by atoms with Crippen LogP contribution in [0, 0.1) is 17.8 Å². The van der Waals surface area contributed by atoms with Crippen LogP contribution in [0.4, 0.5) is 0 Å². The maximum absolute atomic E-state index is 8.79. The van der Waals surface area contributed by atoms with Crippen molar-refractivity contribution in [2.75, 3.05) is 0 Å². The van der Waals surface area contributed by atoms with Crippen LogP contribution in [0.5, 0.6) is 0 Å². The second-order valence-electron chi connectivity index (χ2n) is 38.3. The summed E-state index contributed by atoms with van der Waals surface area (Å²) in [5, 5.41) is 11.9. The highest BCUT2D eigenvalue weighted by Gasteiger charge is 2.29. The number of para-hydroxylation sites is 7. The second kappa shape index (κ2) is 35.9. The van der Waals surface area contributed by atoms with Gasteiger partial charge in [-0.2, -0.15) is 11.3 Å². The fourth-order valence-corrected chi connectivity index (χ4v) is 16.8.